The topological polar surface area (TPSA) is 49.5 Å². The molecular formula is C14H28N2O. The lowest BCUT2D eigenvalue weighted by atomic mass is 9.84. The van der Waals surface area contributed by atoms with Crippen LogP contribution in [0.5, 0.6) is 0 Å². The van der Waals surface area contributed by atoms with Gasteiger partial charge in [-0.05, 0) is 50.5 Å². The van der Waals surface area contributed by atoms with Gasteiger partial charge in [0.05, 0.1) is 0 Å². The van der Waals surface area contributed by atoms with E-state index in [0.717, 1.165) is 12.3 Å². The summed E-state index contributed by atoms with van der Waals surface area (Å²) in [5.41, 5.74) is 6.22. The minimum atomic E-state index is 0.349. The summed E-state index contributed by atoms with van der Waals surface area (Å²) in [5.74, 6) is 1.44. The predicted molar refractivity (Wildman–Crippen MR) is 70.8 cm³/mol. The van der Waals surface area contributed by atoms with Gasteiger partial charge in [0.15, 0.2) is 0 Å². The quantitative estimate of drug-likeness (QED) is 0.785. The van der Waals surface area contributed by atoms with Crippen LogP contribution in [0.25, 0.3) is 0 Å². The van der Waals surface area contributed by atoms with Gasteiger partial charge in [0.1, 0.15) is 0 Å². The Kier molecular flexibility index (Phi) is 5.26. The molecule has 0 bridgehead atoms. The number of hydrogen-bond acceptors (Lipinski definition) is 3. The Labute approximate surface area is 105 Å². The molecule has 3 N–H and O–H groups in total. The van der Waals surface area contributed by atoms with Gasteiger partial charge in [0.2, 0.25) is 0 Å². The Morgan fingerprint density at radius 2 is 1.94 bits per heavy atom. The van der Waals surface area contributed by atoms with Crippen LogP contribution in [0.4, 0.5) is 0 Å². The van der Waals surface area contributed by atoms with Crippen LogP contribution in [0.3, 0.4) is 0 Å². The number of nitrogens with zero attached hydrogens (tertiary/aromatic N) is 1. The zero-order valence-corrected chi connectivity index (χ0v) is 11.0. The molecule has 1 heterocycles. The molecule has 2 fully saturated rings. The van der Waals surface area contributed by atoms with Crippen molar-refractivity contribution in [3.05, 3.63) is 0 Å². The van der Waals surface area contributed by atoms with Crippen LogP contribution in [0.15, 0.2) is 0 Å². The first-order chi connectivity index (χ1) is 8.29. The number of aliphatic hydroxyl groups is 1. The molecule has 3 heteroatoms. The zero-order valence-electron chi connectivity index (χ0n) is 11.0. The summed E-state index contributed by atoms with van der Waals surface area (Å²) in [4.78, 5) is 2.60. The van der Waals surface area contributed by atoms with Crippen molar-refractivity contribution in [3.8, 4) is 0 Å². The van der Waals surface area contributed by atoms with Crippen molar-refractivity contribution >= 4 is 0 Å². The summed E-state index contributed by atoms with van der Waals surface area (Å²) in [5, 5.41) is 9.03. The Morgan fingerprint density at radius 1 is 1.12 bits per heavy atom. The molecule has 3 unspecified atom stereocenters. The molecule has 2 aliphatic rings. The molecule has 3 nitrogen and oxygen atoms in total. The zero-order chi connectivity index (χ0) is 12.1. The van der Waals surface area contributed by atoms with Gasteiger partial charge in [-0.2, -0.15) is 0 Å². The van der Waals surface area contributed by atoms with Gasteiger partial charge in [-0.3, -0.25) is 0 Å². The van der Waals surface area contributed by atoms with Gasteiger partial charge >= 0.3 is 0 Å². The molecule has 0 spiro atoms. The van der Waals surface area contributed by atoms with Crippen LogP contribution in [0.2, 0.25) is 0 Å². The van der Waals surface area contributed by atoms with Crippen LogP contribution in [0.1, 0.15) is 44.9 Å². The van der Waals surface area contributed by atoms with E-state index in [2.05, 4.69) is 4.90 Å². The summed E-state index contributed by atoms with van der Waals surface area (Å²) in [6.07, 6.45) is 8.81. The molecule has 1 aliphatic heterocycles. The maximum atomic E-state index is 9.03. The van der Waals surface area contributed by atoms with E-state index in [1.807, 2.05) is 0 Å². The molecular weight excluding hydrogens is 212 g/mol. The van der Waals surface area contributed by atoms with Gasteiger partial charge < -0.3 is 15.7 Å². The highest BCUT2D eigenvalue weighted by Crippen LogP contribution is 2.26. The van der Waals surface area contributed by atoms with Crippen molar-refractivity contribution in [3.63, 3.8) is 0 Å². The van der Waals surface area contributed by atoms with Crippen molar-refractivity contribution in [2.75, 3.05) is 26.2 Å². The Hall–Kier alpha value is -0.120. The third-order valence-corrected chi connectivity index (χ3v) is 4.60. The third kappa shape index (κ3) is 3.94. The SMILES string of the molecule is NC1CCCCC1CN1CCCC(CCO)C1. The second kappa shape index (κ2) is 6.72. The van der Waals surface area contributed by atoms with Crippen molar-refractivity contribution in [1.29, 1.82) is 0 Å². The second-order valence-corrected chi connectivity index (χ2v) is 5.99. The van der Waals surface area contributed by atoms with E-state index in [1.54, 1.807) is 0 Å². The molecule has 100 valence electrons. The highest BCUT2D eigenvalue weighted by atomic mass is 16.3. The predicted octanol–water partition coefficient (Wildman–Crippen LogP) is 1.60. The van der Waals surface area contributed by atoms with E-state index in [9.17, 15) is 0 Å². The lowest BCUT2D eigenvalue weighted by molar-refractivity contribution is 0.115. The minimum absolute atomic E-state index is 0.349. The highest BCUT2D eigenvalue weighted by molar-refractivity contribution is 4.82. The maximum absolute atomic E-state index is 9.03. The molecule has 0 amide bonds. The molecule has 17 heavy (non-hydrogen) atoms. The van der Waals surface area contributed by atoms with E-state index in [-0.39, 0.29) is 0 Å². The Balaban J connectivity index is 1.77. The van der Waals surface area contributed by atoms with Gasteiger partial charge in [-0.1, -0.05) is 12.8 Å². The molecule has 0 aromatic carbocycles. The molecule has 1 saturated heterocycles. The summed E-state index contributed by atoms with van der Waals surface area (Å²) in [6.45, 7) is 3.97. The van der Waals surface area contributed by atoms with Crippen LogP contribution >= 0.6 is 0 Å². The fraction of sp³-hybridized carbons (Fsp3) is 1.00. The number of nitrogens with two attached hydrogens (primary N) is 1. The van der Waals surface area contributed by atoms with Crippen LogP contribution in [-0.2, 0) is 0 Å². The summed E-state index contributed by atoms with van der Waals surface area (Å²) in [7, 11) is 0. The van der Waals surface area contributed by atoms with Gasteiger partial charge in [-0.25, -0.2) is 0 Å². The summed E-state index contributed by atoms with van der Waals surface area (Å²) in [6, 6.07) is 0.432. The monoisotopic (exact) mass is 240 g/mol. The van der Waals surface area contributed by atoms with Gasteiger partial charge in [-0.15, -0.1) is 0 Å². The largest absolute Gasteiger partial charge is 0.396 e. The Bertz CT molecular complexity index is 220. The Morgan fingerprint density at radius 3 is 2.71 bits per heavy atom. The molecule has 0 aromatic rings. The molecule has 2 rings (SSSR count). The highest BCUT2D eigenvalue weighted by Gasteiger charge is 2.26. The number of aliphatic hydroxyl groups excluding tert-OH is 1. The normalized spacial score (nSPS) is 36.0. The fourth-order valence-corrected chi connectivity index (χ4v) is 3.53. The van der Waals surface area contributed by atoms with E-state index < -0.39 is 0 Å². The average molecular weight is 240 g/mol. The second-order valence-electron chi connectivity index (χ2n) is 5.99. The van der Waals surface area contributed by atoms with E-state index in [0.29, 0.717) is 18.6 Å². The van der Waals surface area contributed by atoms with Crippen LogP contribution in [0, 0.1) is 11.8 Å². The lowest BCUT2D eigenvalue weighted by Gasteiger charge is -2.38. The van der Waals surface area contributed by atoms with Gasteiger partial charge in [0.25, 0.3) is 0 Å². The standard InChI is InChI=1S/C14H28N2O/c15-14-6-2-1-5-13(14)11-16-8-3-4-12(10-16)7-9-17/h12-14,17H,1-11,15H2. The van der Waals surface area contributed by atoms with E-state index in [1.165, 1.54) is 58.2 Å². The van der Waals surface area contributed by atoms with Crippen molar-refractivity contribution < 1.29 is 5.11 Å². The number of hydrogen-bond donors (Lipinski definition) is 2. The van der Waals surface area contributed by atoms with E-state index in [4.69, 9.17) is 10.8 Å². The molecule has 1 aliphatic carbocycles. The molecule has 1 saturated carbocycles. The molecule has 0 aromatic heterocycles. The summed E-state index contributed by atoms with van der Waals surface area (Å²) < 4.78 is 0. The smallest absolute Gasteiger partial charge is 0.0434 e. The minimum Gasteiger partial charge on any atom is -0.396 e. The number of piperidine rings is 1. The average Bonchev–Trinajstić information content (AvgIpc) is 2.33. The molecule has 3 atom stereocenters. The fourth-order valence-electron chi connectivity index (χ4n) is 3.53. The van der Waals surface area contributed by atoms with Gasteiger partial charge in [0, 0.05) is 25.7 Å². The van der Waals surface area contributed by atoms with Crippen LogP contribution in [-0.4, -0.2) is 42.3 Å². The van der Waals surface area contributed by atoms with Crippen molar-refractivity contribution in [2.24, 2.45) is 17.6 Å². The van der Waals surface area contributed by atoms with Crippen LogP contribution < -0.4 is 5.73 Å². The van der Waals surface area contributed by atoms with Crippen molar-refractivity contribution in [1.82, 2.24) is 4.90 Å². The van der Waals surface area contributed by atoms with Crippen molar-refractivity contribution in [2.45, 2.75) is 51.0 Å². The first-order valence-corrected chi connectivity index (χ1v) is 7.38. The summed E-state index contributed by atoms with van der Waals surface area (Å²) >= 11 is 0. The lowest BCUT2D eigenvalue weighted by Crippen LogP contribution is -2.44. The number of likely N-dealkylation sites (tertiary alicyclic amines) is 1. The third-order valence-electron chi connectivity index (χ3n) is 4.60. The van der Waals surface area contributed by atoms with E-state index >= 15 is 0 Å². The maximum Gasteiger partial charge on any atom is 0.0434 e. The first-order valence-electron chi connectivity index (χ1n) is 7.38. The first kappa shape index (κ1) is 13.3. The molecule has 0 radical (unpaired) electrons. The number of rotatable bonds is 4.